The average Bonchev–Trinajstić information content (AvgIpc) is 3.06. The number of aryl methyl sites for hydroxylation is 4. The zero-order chi connectivity index (χ0) is 17.8. The van der Waals surface area contributed by atoms with Crippen LogP contribution in [0.15, 0.2) is 59.0 Å². The lowest BCUT2D eigenvalue weighted by Gasteiger charge is -2.11. The number of furan rings is 1. The van der Waals surface area contributed by atoms with E-state index in [1.807, 2.05) is 56.3 Å². The normalized spacial score (nSPS) is 10.7. The molecule has 0 bridgehead atoms. The van der Waals surface area contributed by atoms with Crippen LogP contribution >= 0.6 is 0 Å². The van der Waals surface area contributed by atoms with E-state index in [9.17, 15) is 4.79 Å². The number of carbonyl (C=O) groups is 1. The SMILES string of the molecule is Cc1ccc(-c2ccc(CCC(=O)Nc3c(C)cccc3C)o2)cc1. The smallest absolute Gasteiger partial charge is 0.224 e. The van der Waals surface area contributed by atoms with E-state index in [0.29, 0.717) is 12.8 Å². The summed E-state index contributed by atoms with van der Waals surface area (Å²) in [5.41, 5.74) is 5.34. The molecule has 0 aliphatic rings. The Morgan fingerprint density at radius 2 is 1.60 bits per heavy atom. The first-order valence-electron chi connectivity index (χ1n) is 8.55. The van der Waals surface area contributed by atoms with E-state index in [1.165, 1.54) is 5.56 Å². The second-order valence-electron chi connectivity index (χ2n) is 6.45. The van der Waals surface area contributed by atoms with Gasteiger partial charge in [-0.25, -0.2) is 0 Å². The molecular formula is C22H23NO2. The van der Waals surface area contributed by atoms with Gasteiger partial charge in [0.1, 0.15) is 11.5 Å². The second kappa shape index (κ2) is 7.39. The van der Waals surface area contributed by atoms with Crippen LogP contribution in [0.1, 0.15) is 28.9 Å². The number of amides is 1. The van der Waals surface area contributed by atoms with Gasteiger partial charge in [0.25, 0.3) is 0 Å². The maximum Gasteiger partial charge on any atom is 0.224 e. The molecule has 3 heteroatoms. The van der Waals surface area contributed by atoms with Gasteiger partial charge in [0.05, 0.1) is 0 Å². The molecular weight excluding hydrogens is 310 g/mol. The summed E-state index contributed by atoms with van der Waals surface area (Å²) < 4.78 is 5.88. The molecule has 1 aromatic heterocycles. The highest BCUT2D eigenvalue weighted by Crippen LogP contribution is 2.24. The van der Waals surface area contributed by atoms with Gasteiger partial charge in [0.15, 0.2) is 0 Å². The highest BCUT2D eigenvalue weighted by molar-refractivity contribution is 5.92. The molecule has 0 aliphatic heterocycles. The van der Waals surface area contributed by atoms with E-state index in [-0.39, 0.29) is 5.91 Å². The van der Waals surface area contributed by atoms with Crippen molar-refractivity contribution in [3.05, 3.63) is 77.0 Å². The minimum Gasteiger partial charge on any atom is -0.461 e. The monoisotopic (exact) mass is 333 g/mol. The van der Waals surface area contributed by atoms with Crippen LogP contribution in [0.5, 0.6) is 0 Å². The third kappa shape index (κ3) is 4.18. The molecule has 3 rings (SSSR count). The minimum atomic E-state index is 0.00526. The number of benzene rings is 2. The van der Waals surface area contributed by atoms with Crippen molar-refractivity contribution in [3.63, 3.8) is 0 Å². The lowest BCUT2D eigenvalue weighted by molar-refractivity contribution is -0.116. The Morgan fingerprint density at radius 3 is 2.28 bits per heavy atom. The van der Waals surface area contributed by atoms with E-state index in [4.69, 9.17) is 4.42 Å². The van der Waals surface area contributed by atoms with Crippen molar-refractivity contribution in [1.29, 1.82) is 0 Å². The lowest BCUT2D eigenvalue weighted by atomic mass is 10.1. The number of para-hydroxylation sites is 1. The molecule has 1 heterocycles. The largest absolute Gasteiger partial charge is 0.461 e. The van der Waals surface area contributed by atoms with E-state index in [0.717, 1.165) is 33.9 Å². The summed E-state index contributed by atoms with van der Waals surface area (Å²) in [5, 5.41) is 3.01. The van der Waals surface area contributed by atoms with Crippen LogP contribution in [0.2, 0.25) is 0 Å². The van der Waals surface area contributed by atoms with Crippen LogP contribution < -0.4 is 5.32 Å². The van der Waals surface area contributed by atoms with Gasteiger partial charge in [-0.2, -0.15) is 0 Å². The van der Waals surface area contributed by atoms with Crippen LogP contribution in [0, 0.1) is 20.8 Å². The zero-order valence-corrected chi connectivity index (χ0v) is 14.9. The van der Waals surface area contributed by atoms with Gasteiger partial charge in [-0.05, 0) is 44.0 Å². The summed E-state index contributed by atoms with van der Waals surface area (Å²) >= 11 is 0. The Hall–Kier alpha value is -2.81. The maximum absolute atomic E-state index is 12.3. The van der Waals surface area contributed by atoms with Crippen LogP contribution in [0.4, 0.5) is 5.69 Å². The predicted molar refractivity (Wildman–Crippen MR) is 102 cm³/mol. The van der Waals surface area contributed by atoms with Gasteiger partial charge in [-0.15, -0.1) is 0 Å². The first-order valence-corrected chi connectivity index (χ1v) is 8.55. The predicted octanol–water partition coefficient (Wildman–Crippen LogP) is 5.44. The molecule has 1 N–H and O–H groups in total. The maximum atomic E-state index is 12.3. The number of hydrogen-bond acceptors (Lipinski definition) is 2. The molecule has 0 aliphatic carbocycles. The number of carbonyl (C=O) groups excluding carboxylic acids is 1. The number of nitrogens with one attached hydrogen (secondary N) is 1. The van der Waals surface area contributed by atoms with Gasteiger partial charge in [-0.3, -0.25) is 4.79 Å². The lowest BCUT2D eigenvalue weighted by Crippen LogP contribution is -2.14. The molecule has 3 aromatic rings. The molecule has 1 amide bonds. The standard InChI is InChI=1S/C22H23NO2/c1-15-7-9-18(10-8-15)20-13-11-19(25-20)12-14-21(24)23-22-16(2)5-4-6-17(22)3/h4-11,13H,12,14H2,1-3H3,(H,23,24). The summed E-state index contributed by atoms with van der Waals surface area (Å²) in [4.78, 5) is 12.3. The molecule has 0 radical (unpaired) electrons. The Morgan fingerprint density at radius 1 is 0.920 bits per heavy atom. The van der Waals surface area contributed by atoms with Gasteiger partial charge in [-0.1, -0.05) is 48.0 Å². The second-order valence-corrected chi connectivity index (χ2v) is 6.45. The van der Waals surface area contributed by atoms with Gasteiger partial charge in [0, 0.05) is 24.1 Å². The number of rotatable bonds is 5. The summed E-state index contributed by atoms with van der Waals surface area (Å²) in [5.74, 6) is 1.67. The molecule has 0 atom stereocenters. The first kappa shape index (κ1) is 17.0. The third-order valence-electron chi connectivity index (χ3n) is 4.34. The van der Waals surface area contributed by atoms with E-state index in [1.54, 1.807) is 0 Å². The number of hydrogen-bond donors (Lipinski definition) is 1. The molecule has 25 heavy (non-hydrogen) atoms. The van der Waals surface area contributed by atoms with Crippen LogP contribution in [0.25, 0.3) is 11.3 Å². The topological polar surface area (TPSA) is 42.2 Å². The Bertz CT molecular complexity index is 855. The van der Waals surface area contributed by atoms with Crippen molar-refractivity contribution in [1.82, 2.24) is 0 Å². The van der Waals surface area contributed by atoms with Crippen molar-refractivity contribution in [2.24, 2.45) is 0 Å². The van der Waals surface area contributed by atoms with E-state index in [2.05, 4.69) is 24.4 Å². The van der Waals surface area contributed by atoms with Crippen LogP contribution in [-0.2, 0) is 11.2 Å². The molecule has 0 fully saturated rings. The summed E-state index contributed by atoms with van der Waals surface area (Å²) in [6.45, 7) is 6.07. The quantitative estimate of drug-likeness (QED) is 0.675. The Labute approximate surface area is 148 Å². The zero-order valence-electron chi connectivity index (χ0n) is 14.9. The van der Waals surface area contributed by atoms with Crippen molar-refractivity contribution in [2.45, 2.75) is 33.6 Å². The molecule has 128 valence electrons. The molecule has 3 nitrogen and oxygen atoms in total. The summed E-state index contributed by atoms with van der Waals surface area (Å²) in [6.07, 6.45) is 0.983. The van der Waals surface area contributed by atoms with Gasteiger partial charge >= 0.3 is 0 Å². The van der Waals surface area contributed by atoms with Crippen molar-refractivity contribution in [3.8, 4) is 11.3 Å². The van der Waals surface area contributed by atoms with Gasteiger partial charge in [0.2, 0.25) is 5.91 Å². The fraction of sp³-hybridized carbons (Fsp3) is 0.227. The fourth-order valence-electron chi connectivity index (χ4n) is 2.84. The Kier molecular flexibility index (Phi) is 5.03. The fourth-order valence-corrected chi connectivity index (χ4v) is 2.84. The van der Waals surface area contributed by atoms with Gasteiger partial charge < -0.3 is 9.73 Å². The first-order chi connectivity index (χ1) is 12.0. The molecule has 0 saturated heterocycles. The van der Waals surface area contributed by atoms with E-state index >= 15 is 0 Å². The van der Waals surface area contributed by atoms with E-state index < -0.39 is 0 Å². The highest BCUT2D eigenvalue weighted by atomic mass is 16.3. The van der Waals surface area contributed by atoms with Crippen LogP contribution in [-0.4, -0.2) is 5.91 Å². The van der Waals surface area contributed by atoms with Crippen molar-refractivity contribution in [2.75, 3.05) is 5.32 Å². The van der Waals surface area contributed by atoms with Crippen molar-refractivity contribution < 1.29 is 9.21 Å². The molecule has 0 saturated carbocycles. The Balaban J connectivity index is 1.60. The third-order valence-corrected chi connectivity index (χ3v) is 4.34. The molecule has 0 spiro atoms. The molecule has 0 unspecified atom stereocenters. The summed E-state index contributed by atoms with van der Waals surface area (Å²) in [6, 6.07) is 18.1. The van der Waals surface area contributed by atoms with Crippen LogP contribution in [0.3, 0.4) is 0 Å². The average molecular weight is 333 g/mol. The highest BCUT2D eigenvalue weighted by Gasteiger charge is 2.10. The number of anilines is 1. The molecule has 2 aromatic carbocycles. The van der Waals surface area contributed by atoms with Crippen molar-refractivity contribution >= 4 is 11.6 Å². The summed E-state index contributed by atoms with van der Waals surface area (Å²) in [7, 11) is 0. The minimum absolute atomic E-state index is 0.00526.